The first-order valence-corrected chi connectivity index (χ1v) is 5.98. The number of hydrogen-bond acceptors (Lipinski definition) is 4. The van der Waals surface area contributed by atoms with Gasteiger partial charge in [0.05, 0.1) is 11.2 Å². The van der Waals surface area contributed by atoms with E-state index in [4.69, 9.17) is 0 Å². The number of methoxy groups -OCH3 is 1. The van der Waals surface area contributed by atoms with E-state index in [1.54, 1.807) is 0 Å². The van der Waals surface area contributed by atoms with Gasteiger partial charge in [-0.2, -0.15) is 0 Å². The quantitative estimate of drug-likeness (QED) is 0.661. The van der Waals surface area contributed by atoms with Gasteiger partial charge in [0, 0.05) is 17.9 Å². The molecule has 2 nitrogen and oxygen atoms in total. The second kappa shape index (κ2) is 4.42. The number of carbonyl (C=O) groups is 1. The summed E-state index contributed by atoms with van der Waals surface area (Å²) < 4.78 is 4.86. The fraction of sp³-hybridized carbons (Fsp3) is 0.875. The summed E-state index contributed by atoms with van der Waals surface area (Å²) in [5.74, 6) is 2.33. The first-order chi connectivity index (χ1) is 5.66. The molecule has 0 atom stereocenters. The molecule has 0 aromatic carbocycles. The van der Waals surface area contributed by atoms with Gasteiger partial charge >= 0.3 is 5.97 Å². The minimum atomic E-state index is -0.0932. The monoisotopic (exact) mass is 206 g/mol. The summed E-state index contributed by atoms with van der Waals surface area (Å²) in [6.45, 7) is 2.21. The first-order valence-electron chi connectivity index (χ1n) is 4.01. The van der Waals surface area contributed by atoms with E-state index in [0.717, 1.165) is 6.42 Å². The fourth-order valence-corrected chi connectivity index (χ4v) is 3.99. The third-order valence-electron chi connectivity index (χ3n) is 1.91. The second-order valence-corrected chi connectivity index (χ2v) is 6.36. The SMILES string of the molecule is COC(=O)CCC1(C)SCCS1. The molecule has 1 aliphatic heterocycles. The minimum absolute atomic E-state index is 0.0932. The molecule has 0 aromatic rings. The van der Waals surface area contributed by atoms with Crippen molar-refractivity contribution in [2.75, 3.05) is 18.6 Å². The van der Waals surface area contributed by atoms with Crippen LogP contribution in [0.5, 0.6) is 0 Å². The van der Waals surface area contributed by atoms with Gasteiger partial charge < -0.3 is 4.74 Å². The van der Waals surface area contributed by atoms with E-state index in [1.165, 1.54) is 18.6 Å². The van der Waals surface area contributed by atoms with E-state index in [2.05, 4.69) is 11.7 Å². The van der Waals surface area contributed by atoms with Crippen molar-refractivity contribution in [1.29, 1.82) is 0 Å². The molecular formula is C8H14O2S2. The average Bonchev–Trinajstić information content (AvgIpc) is 2.49. The number of hydrogen-bond donors (Lipinski definition) is 0. The number of thioether (sulfide) groups is 2. The smallest absolute Gasteiger partial charge is 0.305 e. The lowest BCUT2D eigenvalue weighted by atomic mass is 10.2. The van der Waals surface area contributed by atoms with E-state index < -0.39 is 0 Å². The normalized spacial score (nSPS) is 20.8. The molecule has 1 rings (SSSR count). The Labute approximate surface area is 81.8 Å². The molecule has 0 radical (unpaired) electrons. The van der Waals surface area contributed by atoms with Gasteiger partial charge in [0.15, 0.2) is 0 Å². The van der Waals surface area contributed by atoms with E-state index in [-0.39, 0.29) is 10.0 Å². The number of rotatable bonds is 3. The van der Waals surface area contributed by atoms with Gasteiger partial charge in [-0.1, -0.05) is 0 Å². The predicted octanol–water partition coefficient (Wildman–Crippen LogP) is 2.14. The summed E-state index contributed by atoms with van der Waals surface area (Å²) in [6, 6.07) is 0. The highest BCUT2D eigenvalue weighted by atomic mass is 32.2. The highest BCUT2D eigenvalue weighted by Gasteiger charge is 2.30. The van der Waals surface area contributed by atoms with Crippen LogP contribution in [0.3, 0.4) is 0 Å². The molecule has 0 aliphatic carbocycles. The molecular weight excluding hydrogens is 192 g/mol. The Kier molecular flexibility index (Phi) is 3.77. The van der Waals surface area contributed by atoms with Crippen LogP contribution >= 0.6 is 23.5 Å². The predicted molar refractivity (Wildman–Crippen MR) is 54.6 cm³/mol. The minimum Gasteiger partial charge on any atom is -0.469 e. The van der Waals surface area contributed by atoms with Crippen LogP contribution in [-0.2, 0) is 9.53 Å². The lowest BCUT2D eigenvalue weighted by Gasteiger charge is -2.20. The molecule has 1 saturated heterocycles. The lowest BCUT2D eigenvalue weighted by Crippen LogP contribution is -2.14. The number of carbonyl (C=O) groups excluding carboxylic acids is 1. The van der Waals surface area contributed by atoms with Crippen molar-refractivity contribution < 1.29 is 9.53 Å². The van der Waals surface area contributed by atoms with Gasteiger partial charge in [-0.25, -0.2) is 0 Å². The van der Waals surface area contributed by atoms with Gasteiger partial charge in [-0.05, 0) is 13.3 Å². The van der Waals surface area contributed by atoms with Crippen molar-refractivity contribution in [3.8, 4) is 0 Å². The zero-order valence-corrected chi connectivity index (χ0v) is 9.09. The number of ether oxygens (including phenoxy) is 1. The maximum absolute atomic E-state index is 10.9. The summed E-state index contributed by atoms with van der Waals surface area (Å²) in [5.41, 5.74) is 0. The van der Waals surface area contributed by atoms with Crippen molar-refractivity contribution in [2.45, 2.75) is 23.8 Å². The molecule has 0 bridgehead atoms. The summed E-state index contributed by atoms with van der Waals surface area (Å²) in [7, 11) is 1.44. The molecule has 1 fully saturated rings. The maximum atomic E-state index is 10.9. The van der Waals surface area contributed by atoms with Crippen molar-refractivity contribution in [3.63, 3.8) is 0 Å². The Morgan fingerprint density at radius 1 is 1.50 bits per heavy atom. The third-order valence-corrected chi connectivity index (χ3v) is 5.32. The van der Waals surface area contributed by atoms with E-state index in [9.17, 15) is 4.79 Å². The van der Waals surface area contributed by atoms with E-state index in [0.29, 0.717) is 6.42 Å². The summed E-state index contributed by atoms with van der Waals surface area (Å²) in [6.07, 6.45) is 1.47. The van der Waals surface area contributed by atoms with Crippen LogP contribution in [0.2, 0.25) is 0 Å². The molecule has 0 aromatic heterocycles. The third kappa shape index (κ3) is 2.90. The van der Waals surface area contributed by atoms with Crippen LogP contribution < -0.4 is 0 Å². The van der Waals surface area contributed by atoms with Crippen molar-refractivity contribution in [2.24, 2.45) is 0 Å². The summed E-state index contributed by atoms with van der Waals surface area (Å²) in [5, 5.41) is 0. The van der Waals surface area contributed by atoms with Crippen LogP contribution in [0, 0.1) is 0 Å². The zero-order valence-electron chi connectivity index (χ0n) is 7.46. The van der Waals surface area contributed by atoms with Gasteiger partial charge in [0.2, 0.25) is 0 Å². The lowest BCUT2D eigenvalue weighted by molar-refractivity contribution is -0.140. The largest absolute Gasteiger partial charge is 0.469 e. The molecule has 1 aliphatic rings. The van der Waals surface area contributed by atoms with E-state index in [1.807, 2.05) is 23.5 Å². The van der Waals surface area contributed by atoms with Gasteiger partial charge in [-0.15, -0.1) is 23.5 Å². The maximum Gasteiger partial charge on any atom is 0.305 e. The number of esters is 1. The van der Waals surface area contributed by atoms with E-state index >= 15 is 0 Å². The first kappa shape index (κ1) is 10.3. The van der Waals surface area contributed by atoms with Gasteiger partial charge in [0.25, 0.3) is 0 Å². The highest BCUT2D eigenvalue weighted by Crippen LogP contribution is 2.46. The van der Waals surface area contributed by atoms with Gasteiger partial charge in [0.1, 0.15) is 0 Å². The van der Waals surface area contributed by atoms with Crippen LogP contribution in [0.25, 0.3) is 0 Å². The fourth-order valence-electron chi connectivity index (χ4n) is 1.13. The summed E-state index contributed by atoms with van der Waals surface area (Å²) >= 11 is 3.90. The molecule has 0 unspecified atom stereocenters. The van der Waals surface area contributed by atoms with Gasteiger partial charge in [-0.3, -0.25) is 4.79 Å². The molecule has 0 saturated carbocycles. The summed E-state index contributed by atoms with van der Waals surface area (Å²) in [4.78, 5) is 10.9. The van der Waals surface area contributed by atoms with Crippen LogP contribution in [0.1, 0.15) is 19.8 Å². The topological polar surface area (TPSA) is 26.3 Å². The molecule has 70 valence electrons. The Morgan fingerprint density at radius 3 is 2.58 bits per heavy atom. The molecule has 4 heteroatoms. The van der Waals surface area contributed by atoms with Crippen molar-refractivity contribution in [3.05, 3.63) is 0 Å². The van der Waals surface area contributed by atoms with Crippen molar-refractivity contribution in [1.82, 2.24) is 0 Å². The second-order valence-electron chi connectivity index (χ2n) is 2.91. The molecule has 0 amide bonds. The molecule has 12 heavy (non-hydrogen) atoms. The highest BCUT2D eigenvalue weighted by molar-refractivity contribution is 8.21. The Balaban J connectivity index is 2.25. The molecule has 0 N–H and O–H groups in total. The molecule has 0 spiro atoms. The van der Waals surface area contributed by atoms with Crippen LogP contribution in [0.15, 0.2) is 0 Å². The zero-order chi connectivity index (χ0) is 9.03. The Bertz CT molecular complexity index is 164. The van der Waals surface area contributed by atoms with Crippen molar-refractivity contribution >= 4 is 29.5 Å². The Morgan fingerprint density at radius 2 is 2.08 bits per heavy atom. The standard InChI is InChI=1S/C8H14O2S2/c1-8(11-5-6-12-8)4-3-7(9)10-2/h3-6H2,1-2H3. The molecule has 1 heterocycles. The Hall–Kier alpha value is 0.170. The van der Waals surface area contributed by atoms with Crippen LogP contribution in [-0.4, -0.2) is 28.7 Å². The average molecular weight is 206 g/mol. The van der Waals surface area contributed by atoms with Crippen LogP contribution in [0.4, 0.5) is 0 Å².